The van der Waals surface area contributed by atoms with E-state index in [1.807, 2.05) is 35.2 Å². The number of halogens is 2. The highest BCUT2D eigenvalue weighted by atomic mass is 35.5. The van der Waals surface area contributed by atoms with Crippen LogP contribution in [0.25, 0.3) is 0 Å². The zero-order valence-electron chi connectivity index (χ0n) is 18.4. The second-order valence-corrected chi connectivity index (χ2v) is 9.28. The lowest BCUT2D eigenvalue weighted by Crippen LogP contribution is -2.51. The molecule has 6 nitrogen and oxygen atoms in total. The molecule has 2 amide bonds. The number of rotatable bonds is 7. The maximum absolute atomic E-state index is 13.2. The van der Waals surface area contributed by atoms with Gasteiger partial charge in [-0.1, -0.05) is 53.5 Å². The molecular weight excluding hydrogens is 463 g/mol. The van der Waals surface area contributed by atoms with E-state index in [0.717, 1.165) is 25.0 Å². The number of hydrogen-bond donors (Lipinski definition) is 0. The minimum absolute atomic E-state index is 0.0354. The van der Waals surface area contributed by atoms with Gasteiger partial charge in [-0.15, -0.1) is 0 Å². The lowest BCUT2D eigenvalue weighted by Gasteiger charge is -2.36. The molecule has 2 unspecified atom stereocenters. The van der Waals surface area contributed by atoms with Crippen molar-refractivity contribution in [1.29, 1.82) is 0 Å². The standard InChI is InChI=1S/C25H28Cl2N2O4/c26-22-9-8-19(14-23(22)27)25(31)28-10-12-33-21(16-28)17-29(15-20-7-4-11-32-20)24(30)13-18-5-2-1-3-6-18/h1-3,5-6,8-9,14,20-21H,4,7,10-13,15-17H2. The smallest absolute Gasteiger partial charge is 0.254 e. The van der Waals surface area contributed by atoms with Crippen molar-refractivity contribution in [3.8, 4) is 0 Å². The van der Waals surface area contributed by atoms with E-state index in [0.29, 0.717) is 54.8 Å². The van der Waals surface area contributed by atoms with Crippen LogP contribution in [0.3, 0.4) is 0 Å². The summed E-state index contributed by atoms with van der Waals surface area (Å²) in [5, 5.41) is 0.761. The Labute approximate surface area is 204 Å². The molecule has 33 heavy (non-hydrogen) atoms. The number of hydrogen-bond acceptors (Lipinski definition) is 4. The van der Waals surface area contributed by atoms with Gasteiger partial charge in [0.2, 0.25) is 5.91 Å². The molecule has 2 saturated heterocycles. The Morgan fingerprint density at radius 3 is 2.45 bits per heavy atom. The van der Waals surface area contributed by atoms with E-state index in [1.54, 1.807) is 23.1 Å². The van der Waals surface area contributed by atoms with Gasteiger partial charge < -0.3 is 19.3 Å². The highest BCUT2D eigenvalue weighted by Gasteiger charge is 2.30. The first-order valence-corrected chi connectivity index (χ1v) is 12.0. The average Bonchev–Trinajstić information content (AvgIpc) is 3.34. The molecule has 0 radical (unpaired) electrons. The average molecular weight is 491 g/mol. The first kappa shape index (κ1) is 24.0. The van der Waals surface area contributed by atoms with E-state index >= 15 is 0 Å². The normalized spacial score (nSPS) is 20.6. The molecule has 0 bridgehead atoms. The summed E-state index contributed by atoms with van der Waals surface area (Å²) in [5.41, 5.74) is 1.46. The van der Waals surface area contributed by atoms with Gasteiger partial charge in [-0.3, -0.25) is 9.59 Å². The summed E-state index contributed by atoms with van der Waals surface area (Å²) in [6.07, 6.45) is 2.06. The van der Waals surface area contributed by atoms with E-state index in [-0.39, 0.29) is 24.0 Å². The fraction of sp³-hybridized carbons (Fsp3) is 0.440. The molecule has 2 aliphatic rings. The molecule has 4 rings (SSSR count). The minimum Gasteiger partial charge on any atom is -0.376 e. The van der Waals surface area contributed by atoms with E-state index in [9.17, 15) is 9.59 Å². The van der Waals surface area contributed by atoms with Crippen LogP contribution in [0, 0.1) is 0 Å². The molecule has 0 spiro atoms. The molecule has 2 fully saturated rings. The molecule has 0 N–H and O–H groups in total. The van der Waals surface area contributed by atoms with Gasteiger partial charge in [0, 0.05) is 38.3 Å². The van der Waals surface area contributed by atoms with Gasteiger partial charge in [0.25, 0.3) is 5.91 Å². The Morgan fingerprint density at radius 1 is 0.970 bits per heavy atom. The summed E-state index contributed by atoms with van der Waals surface area (Å²) in [5.74, 6) is -0.0867. The van der Waals surface area contributed by atoms with Gasteiger partial charge in [-0.2, -0.15) is 0 Å². The van der Waals surface area contributed by atoms with Crippen LogP contribution in [0.2, 0.25) is 10.0 Å². The summed E-state index contributed by atoms with van der Waals surface area (Å²) in [4.78, 5) is 29.8. The monoisotopic (exact) mass is 490 g/mol. The van der Waals surface area contributed by atoms with Crippen LogP contribution in [0.15, 0.2) is 48.5 Å². The third-order valence-electron chi connectivity index (χ3n) is 6.02. The van der Waals surface area contributed by atoms with Crippen molar-refractivity contribution in [2.75, 3.05) is 39.4 Å². The zero-order valence-corrected chi connectivity index (χ0v) is 19.9. The molecule has 2 aliphatic heterocycles. The quantitative estimate of drug-likeness (QED) is 0.586. The van der Waals surface area contributed by atoms with Gasteiger partial charge in [-0.25, -0.2) is 0 Å². The van der Waals surface area contributed by atoms with Crippen LogP contribution >= 0.6 is 23.2 Å². The summed E-state index contributed by atoms with van der Waals surface area (Å²) in [6.45, 7) is 2.98. The lowest BCUT2D eigenvalue weighted by atomic mass is 10.1. The summed E-state index contributed by atoms with van der Waals surface area (Å²) in [6, 6.07) is 14.6. The maximum atomic E-state index is 13.2. The van der Waals surface area contributed by atoms with Gasteiger partial charge >= 0.3 is 0 Å². The van der Waals surface area contributed by atoms with Gasteiger partial charge in [0.05, 0.1) is 35.3 Å². The first-order chi connectivity index (χ1) is 16.0. The molecule has 2 atom stereocenters. The molecule has 2 aromatic rings. The van der Waals surface area contributed by atoms with E-state index in [4.69, 9.17) is 32.7 Å². The molecule has 2 aromatic carbocycles. The molecular formula is C25H28Cl2N2O4. The Morgan fingerprint density at radius 2 is 1.73 bits per heavy atom. The van der Waals surface area contributed by atoms with Gasteiger partial charge in [0.15, 0.2) is 0 Å². The zero-order chi connectivity index (χ0) is 23.2. The van der Waals surface area contributed by atoms with Crippen LogP contribution in [0.5, 0.6) is 0 Å². The topological polar surface area (TPSA) is 59.1 Å². The van der Waals surface area contributed by atoms with Crippen molar-refractivity contribution in [1.82, 2.24) is 9.80 Å². The Bertz CT molecular complexity index is 966. The van der Waals surface area contributed by atoms with Crippen molar-refractivity contribution in [2.45, 2.75) is 31.5 Å². The van der Waals surface area contributed by atoms with E-state index < -0.39 is 0 Å². The Kier molecular flexibility index (Phi) is 8.25. The highest BCUT2D eigenvalue weighted by Crippen LogP contribution is 2.24. The number of benzene rings is 2. The Hall–Kier alpha value is -2.12. The van der Waals surface area contributed by atoms with Crippen molar-refractivity contribution in [2.24, 2.45) is 0 Å². The van der Waals surface area contributed by atoms with Crippen LogP contribution in [-0.4, -0.2) is 73.2 Å². The third-order valence-corrected chi connectivity index (χ3v) is 6.75. The number of carbonyl (C=O) groups excluding carboxylic acids is 2. The summed E-state index contributed by atoms with van der Waals surface area (Å²) in [7, 11) is 0. The van der Waals surface area contributed by atoms with Crippen LogP contribution in [0.1, 0.15) is 28.8 Å². The van der Waals surface area contributed by atoms with Crippen LogP contribution in [-0.2, 0) is 20.7 Å². The van der Waals surface area contributed by atoms with Crippen LogP contribution < -0.4 is 0 Å². The number of nitrogens with zero attached hydrogens (tertiary/aromatic N) is 2. The summed E-state index contributed by atoms with van der Waals surface area (Å²) < 4.78 is 11.7. The number of carbonyl (C=O) groups is 2. The second kappa shape index (κ2) is 11.3. The molecule has 0 aliphatic carbocycles. The predicted octanol–water partition coefficient (Wildman–Crippen LogP) is 4.08. The number of morpholine rings is 1. The SMILES string of the molecule is O=C(Cc1ccccc1)N(CC1CCCO1)CC1CN(C(=O)c2ccc(Cl)c(Cl)c2)CCO1. The van der Waals surface area contributed by atoms with Gasteiger partial charge in [-0.05, 0) is 36.6 Å². The first-order valence-electron chi connectivity index (χ1n) is 11.3. The van der Waals surface area contributed by atoms with Crippen molar-refractivity contribution in [3.05, 3.63) is 69.7 Å². The minimum atomic E-state index is -0.272. The molecule has 2 heterocycles. The fourth-order valence-corrected chi connectivity index (χ4v) is 4.56. The van der Waals surface area contributed by atoms with Crippen molar-refractivity contribution < 1.29 is 19.1 Å². The Balaban J connectivity index is 1.42. The number of ether oxygens (including phenoxy) is 2. The highest BCUT2D eigenvalue weighted by molar-refractivity contribution is 6.42. The van der Waals surface area contributed by atoms with Crippen LogP contribution in [0.4, 0.5) is 0 Å². The lowest BCUT2D eigenvalue weighted by molar-refractivity contribution is -0.135. The predicted molar refractivity (Wildman–Crippen MR) is 128 cm³/mol. The van der Waals surface area contributed by atoms with Gasteiger partial charge in [0.1, 0.15) is 0 Å². The van der Waals surface area contributed by atoms with E-state index in [1.165, 1.54) is 0 Å². The van der Waals surface area contributed by atoms with Crippen molar-refractivity contribution in [3.63, 3.8) is 0 Å². The molecule has 0 saturated carbocycles. The maximum Gasteiger partial charge on any atom is 0.254 e. The largest absolute Gasteiger partial charge is 0.376 e. The van der Waals surface area contributed by atoms with Crippen molar-refractivity contribution >= 4 is 35.0 Å². The van der Waals surface area contributed by atoms with E-state index in [2.05, 4.69) is 0 Å². The third kappa shape index (κ3) is 6.48. The fourth-order valence-electron chi connectivity index (χ4n) is 4.27. The summed E-state index contributed by atoms with van der Waals surface area (Å²) >= 11 is 12.1. The second-order valence-electron chi connectivity index (χ2n) is 8.47. The molecule has 0 aromatic heterocycles. The molecule has 8 heteroatoms. The molecule has 176 valence electrons. The number of amides is 2.